The topological polar surface area (TPSA) is 88.6 Å². The van der Waals surface area contributed by atoms with E-state index in [1.54, 1.807) is 19.1 Å². The van der Waals surface area contributed by atoms with Crippen molar-refractivity contribution in [3.05, 3.63) is 33.6 Å². The number of unbranched alkanes of at least 4 members (excludes halogenated alkanes) is 7. The zero-order chi connectivity index (χ0) is 21.2. The molecule has 0 aliphatic heterocycles. The standard InChI is InChI=1S/C23H33NO5/c1-4-6-7-8-9-10-11-12-13-29-19-14-17-18(15-20(19)28-5-2)24-16(3)21(22(17)25)23(26)27/h14-15H,4-13H2,1-3H3,(H,24,25)(H,26,27). The smallest absolute Gasteiger partial charge is 0.341 e. The van der Waals surface area contributed by atoms with E-state index >= 15 is 0 Å². The van der Waals surface area contributed by atoms with E-state index in [4.69, 9.17) is 9.47 Å². The molecule has 29 heavy (non-hydrogen) atoms. The predicted molar refractivity (Wildman–Crippen MR) is 116 cm³/mol. The van der Waals surface area contributed by atoms with Crippen LogP contribution >= 0.6 is 0 Å². The van der Waals surface area contributed by atoms with Crippen molar-refractivity contribution in [2.45, 2.75) is 72.1 Å². The van der Waals surface area contributed by atoms with E-state index in [0.717, 1.165) is 12.8 Å². The molecule has 2 N–H and O–H groups in total. The third-order valence-electron chi connectivity index (χ3n) is 5.02. The highest BCUT2D eigenvalue weighted by molar-refractivity contribution is 5.94. The molecule has 0 amide bonds. The number of benzene rings is 1. The molecule has 6 nitrogen and oxygen atoms in total. The first-order valence-electron chi connectivity index (χ1n) is 10.7. The van der Waals surface area contributed by atoms with Crippen LogP contribution in [0.15, 0.2) is 16.9 Å². The largest absolute Gasteiger partial charge is 0.490 e. The quantitative estimate of drug-likeness (QED) is 0.434. The van der Waals surface area contributed by atoms with Crippen LogP contribution in [-0.4, -0.2) is 29.3 Å². The van der Waals surface area contributed by atoms with Crippen LogP contribution in [0.25, 0.3) is 10.9 Å². The van der Waals surface area contributed by atoms with Crippen molar-refractivity contribution in [3.8, 4) is 11.5 Å². The van der Waals surface area contributed by atoms with Crippen molar-refractivity contribution >= 4 is 16.9 Å². The Hall–Kier alpha value is -2.50. The second kappa shape index (κ2) is 11.5. The number of aromatic carboxylic acids is 1. The second-order valence-electron chi connectivity index (χ2n) is 7.36. The highest BCUT2D eigenvalue weighted by Crippen LogP contribution is 2.31. The van der Waals surface area contributed by atoms with Gasteiger partial charge in [0.05, 0.1) is 24.1 Å². The highest BCUT2D eigenvalue weighted by Gasteiger charge is 2.18. The van der Waals surface area contributed by atoms with E-state index in [-0.39, 0.29) is 5.56 Å². The number of hydrogen-bond acceptors (Lipinski definition) is 4. The number of fused-ring (bicyclic) bond motifs is 1. The molecule has 1 aromatic heterocycles. The fourth-order valence-electron chi connectivity index (χ4n) is 3.48. The zero-order valence-corrected chi connectivity index (χ0v) is 17.8. The first-order chi connectivity index (χ1) is 14.0. The maximum absolute atomic E-state index is 12.6. The number of carboxylic acids is 1. The van der Waals surface area contributed by atoms with Gasteiger partial charge in [-0.2, -0.15) is 0 Å². The number of pyridine rings is 1. The Balaban J connectivity index is 2.08. The third-order valence-corrected chi connectivity index (χ3v) is 5.02. The van der Waals surface area contributed by atoms with Gasteiger partial charge in [-0.3, -0.25) is 4.79 Å². The van der Waals surface area contributed by atoms with Crippen molar-refractivity contribution in [1.82, 2.24) is 4.98 Å². The molecule has 0 aliphatic rings. The number of carboxylic acid groups (broad SMARTS) is 1. The number of aryl methyl sites for hydroxylation is 1. The van der Waals surface area contributed by atoms with Gasteiger partial charge in [0.15, 0.2) is 11.5 Å². The Bertz CT molecular complexity index is 872. The summed E-state index contributed by atoms with van der Waals surface area (Å²) in [4.78, 5) is 27.1. The molecule has 160 valence electrons. The van der Waals surface area contributed by atoms with Gasteiger partial charge in [0.1, 0.15) is 5.56 Å². The van der Waals surface area contributed by atoms with Gasteiger partial charge in [-0.1, -0.05) is 51.9 Å². The van der Waals surface area contributed by atoms with Gasteiger partial charge in [0, 0.05) is 11.8 Å². The second-order valence-corrected chi connectivity index (χ2v) is 7.36. The SMILES string of the molecule is CCCCCCCCCCOc1cc2c(=O)c(C(=O)O)c(C)[nH]c2cc1OCC. The molecule has 2 aromatic rings. The van der Waals surface area contributed by atoms with Crippen molar-refractivity contribution in [1.29, 1.82) is 0 Å². The molecule has 0 fully saturated rings. The van der Waals surface area contributed by atoms with Crippen LogP contribution in [0.1, 0.15) is 81.3 Å². The van der Waals surface area contributed by atoms with Gasteiger partial charge in [-0.05, 0) is 26.3 Å². The van der Waals surface area contributed by atoms with E-state index in [2.05, 4.69) is 11.9 Å². The Morgan fingerprint density at radius 2 is 1.59 bits per heavy atom. The Morgan fingerprint density at radius 1 is 0.966 bits per heavy atom. The van der Waals surface area contributed by atoms with Crippen LogP contribution in [0.5, 0.6) is 11.5 Å². The molecule has 0 unspecified atom stereocenters. The predicted octanol–water partition coefficient (Wildman–Crippen LogP) is 5.45. The minimum absolute atomic E-state index is 0.240. The summed E-state index contributed by atoms with van der Waals surface area (Å²) in [5, 5.41) is 9.62. The monoisotopic (exact) mass is 403 g/mol. The number of nitrogens with one attached hydrogen (secondary N) is 1. The molecular formula is C23H33NO5. The summed E-state index contributed by atoms with van der Waals surface area (Å²) in [6.07, 6.45) is 9.67. The molecule has 0 radical (unpaired) electrons. The molecule has 6 heteroatoms. The van der Waals surface area contributed by atoms with Gasteiger partial charge < -0.3 is 19.6 Å². The Kier molecular flexibility index (Phi) is 9.03. The normalized spacial score (nSPS) is 11.0. The fraction of sp³-hybridized carbons (Fsp3) is 0.565. The van der Waals surface area contributed by atoms with E-state index < -0.39 is 11.4 Å². The maximum atomic E-state index is 12.6. The van der Waals surface area contributed by atoms with Crippen molar-refractivity contribution in [3.63, 3.8) is 0 Å². The molecule has 0 bridgehead atoms. The summed E-state index contributed by atoms with van der Waals surface area (Å²) >= 11 is 0. The average Bonchev–Trinajstić information content (AvgIpc) is 2.67. The van der Waals surface area contributed by atoms with Crippen molar-refractivity contribution < 1.29 is 19.4 Å². The summed E-state index contributed by atoms with van der Waals surface area (Å²) in [6, 6.07) is 3.30. The third kappa shape index (κ3) is 6.24. The Labute approximate surface area is 172 Å². The first kappa shape index (κ1) is 22.8. The van der Waals surface area contributed by atoms with Gasteiger partial charge in [-0.25, -0.2) is 4.79 Å². The lowest BCUT2D eigenvalue weighted by molar-refractivity contribution is 0.0694. The highest BCUT2D eigenvalue weighted by atomic mass is 16.5. The van der Waals surface area contributed by atoms with Crippen LogP contribution < -0.4 is 14.9 Å². The molecule has 0 spiro atoms. The summed E-state index contributed by atoms with van der Waals surface area (Å²) < 4.78 is 11.6. The molecule has 0 saturated heterocycles. The first-order valence-corrected chi connectivity index (χ1v) is 10.7. The summed E-state index contributed by atoms with van der Waals surface area (Å²) in [5.41, 5.74) is 0.116. The van der Waals surface area contributed by atoms with Crippen LogP contribution in [0.2, 0.25) is 0 Å². The number of ether oxygens (including phenoxy) is 2. The number of aromatic amines is 1. The number of hydrogen-bond donors (Lipinski definition) is 2. The van der Waals surface area contributed by atoms with Crippen LogP contribution in [0.4, 0.5) is 0 Å². The lowest BCUT2D eigenvalue weighted by atomic mass is 10.1. The summed E-state index contributed by atoms with van der Waals surface area (Å²) in [5.74, 6) is -0.202. The molecular weight excluding hydrogens is 370 g/mol. The van der Waals surface area contributed by atoms with Crippen molar-refractivity contribution in [2.75, 3.05) is 13.2 Å². The van der Waals surface area contributed by atoms with Gasteiger partial charge in [0.25, 0.3) is 0 Å². The van der Waals surface area contributed by atoms with Crippen LogP contribution in [0, 0.1) is 6.92 Å². The van der Waals surface area contributed by atoms with E-state index in [1.807, 2.05) is 6.92 Å². The van der Waals surface area contributed by atoms with Crippen LogP contribution in [-0.2, 0) is 0 Å². The molecule has 0 atom stereocenters. The van der Waals surface area contributed by atoms with E-state index in [0.29, 0.717) is 41.3 Å². The molecule has 0 aliphatic carbocycles. The summed E-state index contributed by atoms with van der Waals surface area (Å²) in [7, 11) is 0. The van der Waals surface area contributed by atoms with Crippen molar-refractivity contribution in [2.24, 2.45) is 0 Å². The minimum atomic E-state index is -1.24. The van der Waals surface area contributed by atoms with Crippen LogP contribution in [0.3, 0.4) is 0 Å². The van der Waals surface area contributed by atoms with Gasteiger partial charge in [-0.15, -0.1) is 0 Å². The lowest BCUT2D eigenvalue weighted by Crippen LogP contribution is -2.18. The lowest BCUT2D eigenvalue weighted by Gasteiger charge is -2.14. The molecule has 1 heterocycles. The molecule has 2 rings (SSSR count). The Morgan fingerprint density at radius 3 is 2.21 bits per heavy atom. The zero-order valence-electron chi connectivity index (χ0n) is 17.8. The maximum Gasteiger partial charge on any atom is 0.341 e. The average molecular weight is 404 g/mol. The number of aromatic nitrogens is 1. The minimum Gasteiger partial charge on any atom is -0.490 e. The number of rotatable bonds is 13. The van der Waals surface area contributed by atoms with E-state index in [9.17, 15) is 14.7 Å². The van der Waals surface area contributed by atoms with Gasteiger partial charge >= 0.3 is 5.97 Å². The molecule has 1 aromatic carbocycles. The number of carbonyl (C=O) groups is 1. The van der Waals surface area contributed by atoms with Gasteiger partial charge in [0.2, 0.25) is 5.43 Å². The number of H-pyrrole nitrogens is 1. The van der Waals surface area contributed by atoms with E-state index in [1.165, 1.54) is 38.5 Å². The molecule has 0 saturated carbocycles. The fourth-order valence-corrected chi connectivity index (χ4v) is 3.48. The summed E-state index contributed by atoms with van der Waals surface area (Å²) in [6.45, 7) is 6.69.